The van der Waals surface area contributed by atoms with Crippen molar-refractivity contribution in [3.05, 3.63) is 28.8 Å². The van der Waals surface area contributed by atoms with Crippen molar-refractivity contribution in [2.24, 2.45) is 0 Å². The van der Waals surface area contributed by atoms with Crippen LogP contribution in [-0.2, 0) is 0 Å². The predicted octanol–water partition coefficient (Wildman–Crippen LogP) is 3.42. The van der Waals surface area contributed by atoms with Gasteiger partial charge in [-0.2, -0.15) is 0 Å². The normalized spacial score (nSPS) is 11.6. The largest absolute Gasteiger partial charge is 0.380 e. The molecular weight excluding hydrogens is 246 g/mol. The van der Waals surface area contributed by atoms with Crippen molar-refractivity contribution >= 4 is 17.3 Å². The first-order valence-corrected chi connectivity index (χ1v) is 5.81. The van der Waals surface area contributed by atoms with E-state index in [1.165, 1.54) is 0 Å². The molecule has 2 N–H and O–H groups in total. The maximum absolute atomic E-state index is 13.4. The number of halogens is 3. The summed E-state index contributed by atoms with van der Waals surface area (Å²) in [7, 11) is 0. The molecule has 5 heteroatoms. The molecule has 0 atom stereocenters. The van der Waals surface area contributed by atoms with E-state index in [-0.39, 0.29) is 16.2 Å². The Balaban J connectivity index is 2.53. The van der Waals surface area contributed by atoms with E-state index in [0.717, 1.165) is 12.1 Å². The van der Waals surface area contributed by atoms with E-state index < -0.39 is 11.6 Å². The minimum atomic E-state index is -0.675. The second-order valence-electron chi connectivity index (χ2n) is 4.85. The third-order valence-electron chi connectivity index (χ3n) is 2.09. The molecule has 0 radical (unpaired) electrons. The van der Waals surface area contributed by atoms with Crippen LogP contribution in [0.4, 0.5) is 14.5 Å². The van der Waals surface area contributed by atoms with Crippen LogP contribution in [-0.4, -0.2) is 18.6 Å². The molecule has 0 saturated heterocycles. The molecule has 1 aromatic rings. The van der Waals surface area contributed by atoms with Crippen molar-refractivity contribution in [2.75, 3.05) is 18.4 Å². The fourth-order valence-electron chi connectivity index (χ4n) is 1.34. The lowest BCUT2D eigenvalue weighted by molar-refractivity contribution is 0.435. The molecule has 2 nitrogen and oxygen atoms in total. The average Bonchev–Trinajstić information content (AvgIpc) is 2.13. The van der Waals surface area contributed by atoms with Gasteiger partial charge in [-0.1, -0.05) is 11.6 Å². The van der Waals surface area contributed by atoms with Crippen LogP contribution in [0.5, 0.6) is 0 Å². The van der Waals surface area contributed by atoms with Crippen LogP contribution in [0.25, 0.3) is 0 Å². The molecule has 0 aliphatic carbocycles. The molecule has 0 bridgehead atoms. The Kier molecular flexibility index (Phi) is 4.71. The van der Waals surface area contributed by atoms with Crippen molar-refractivity contribution in [1.29, 1.82) is 0 Å². The summed E-state index contributed by atoms with van der Waals surface area (Å²) in [5.41, 5.74) is 0.149. The minimum Gasteiger partial charge on any atom is -0.380 e. The van der Waals surface area contributed by atoms with Crippen LogP contribution in [0, 0.1) is 11.6 Å². The van der Waals surface area contributed by atoms with E-state index in [9.17, 15) is 8.78 Å². The SMILES string of the molecule is CC(C)(C)NCCNc1c(F)cc(F)cc1Cl. The number of rotatable bonds is 4. The first-order valence-electron chi connectivity index (χ1n) is 5.43. The smallest absolute Gasteiger partial charge is 0.150 e. The highest BCUT2D eigenvalue weighted by atomic mass is 35.5. The van der Waals surface area contributed by atoms with E-state index >= 15 is 0 Å². The highest BCUT2D eigenvalue weighted by molar-refractivity contribution is 6.33. The molecule has 0 aliphatic heterocycles. The van der Waals surface area contributed by atoms with Gasteiger partial charge in [-0.05, 0) is 26.8 Å². The molecule has 0 aromatic heterocycles. The standard InChI is InChI=1S/C12H17ClF2N2/c1-12(2,3)17-5-4-16-11-9(13)6-8(14)7-10(11)15/h6-7,16-17H,4-5H2,1-3H3. The highest BCUT2D eigenvalue weighted by Gasteiger charge is 2.10. The summed E-state index contributed by atoms with van der Waals surface area (Å²) in [6.07, 6.45) is 0. The van der Waals surface area contributed by atoms with Gasteiger partial charge in [0.25, 0.3) is 0 Å². The van der Waals surface area contributed by atoms with Crippen molar-refractivity contribution in [2.45, 2.75) is 26.3 Å². The Morgan fingerprint density at radius 3 is 2.35 bits per heavy atom. The van der Waals surface area contributed by atoms with E-state index in [4.69, 9.17) is 11.6 Å². The molecule has 0 unspecified atom stereocenters. The Morgan fingerprint density at radius 1 is 1.18 bits per heavy atom. The highest BCUT2D eigenvalue weighted by Crippen LogP contribution is 2.25. The van der Waals surface area contributed by atoms with Crippen molar-refractivity contribution in [1.82, 2.24) is 5.32 Å². The first kappa shape index (κ1) is 14.2. The molecule has 0 amide bonds. The van der Waals surface area contributed by atoms with Crippen LogP contribution in [0.15, 0.2) is 12.1 Å². The van der Waals surface area contributed by atoms with Crippen LogP contribution in [0.1, 0.15) is 20.8 Å². The molecule has 1 rings (SSSR count). The Labute approximate surface area is 105 Å². The molecule has 1 aromatic carbocycles. The number of hydrogen-bond acceptors (Lipinski definition) is 2. The molecule has 0 fully saturated rings. The summed E-state index contributed by atoms with van der Waals surface area (Å²) < 4.78 is 26.2. The lowest BCUT2D eigenvalue weighted by Crippen LogP contribution is -2.38. The maximum atomic E-state index is 13.4. The fourth-order valence-corrected chi connectivity index (χ4v) is 1.60. The quantitative estimate of drug-likeness (QED) is 0.813. The number of anilines is 1. The second kappa shape index (κ2) is 5.65. The van der Waals surface area contributed by atoms with Gasteiger partial charge < -0.3 is 10.6 Å². The van der Waals surface area contributed by atoms with Gasteiger partial charge in [0.05, 0.1) is 10.7 Å². The zero-order valence-electron chi connectivity index (χ0n) is 10.2. The summed E-state index contributed by atoms with van der Waals surface area (Å²) in [6.45, 7) is 7.30. The average molecular weight is 263 g/mol. The van der Waals surface area contributed by atoms with Gasteiger partial charge >= 0.3 is 0 Å². The Morgan fingerprint density at radius 2 is 1.82 bits per heavy atom. The zero-order valence-corrected chi connectivity index (χ0v) is 11.0. The predicted molar refractivity (Wildman–Crippen MR) is 67.6 cm³/mol. The summed E-state index contributed by atoms with van der Waals surface area (Å²) in [5.74, 6) is -1.35. The molecule has 96 valence electrons. The Bertz CT molecular complexity index is 366. The van der Waals surface area contributed by atoms with Gasteiger partial charge in [-0.3, -0.25) is 0 Å². The molecule has 0 spiro atoms. The fraction of sp³-hybridized carbons (Fsp3) is 0.500. The maximum Gasteiger partial charge on any atom is 0.150 e. The molecule has 0 aliphatic rings. The van der Waals surface area contributed by atoms with Crippen LogP contribution >= 0.6 is 11.6 Å². The van der Waals surface area contributed by atoms with Crippen molar-refractivity contribution in [3.63, 3.8) is 0 Å². The molecular formula is C12H17ClF2N2. The first-order chi connectivity index (χ1) is 7.79. The molecule has 17 heavy (non-hydrogen) atoms. The van der Waals surface area contributed by atoms with E-state index in [1.807, 2.05) is 20.8 Å². The van der Waals surface area contributed by atoms with Gasteiger partial charge in [-0.15, -0.1) is 0 Å². The van der Waals surface area contributed by atoms with Crippen molar-refractivity contribution in [3.8, 4) is 0 Å². The number of hydrogen-bond donors (Lipinski definition) is 2. The summed E-state index contributed by atoms with van der Waals surface area (Å²) in [5, 5.41) is 6.14. The Hall–Kier alpha value is -0.870. The topological polar surface area (TPSA) is 24.1 Å². The number of benzene rings is 1. The summed E-state index contributed by atoms with van der Waals surface area (Å²) >= 11 is 5.74. The van der Waals surface area contributed by atoms with Crippen molar-refractivity contribution < 1.29 is 8.78 Å². The lowest BCUT2D eigenvalue weighted by Gasteiger charge is -2.21. The second-order valence-corrected chi connectivity index (χ2v) is 5.26. The summed E-state index contributed by atoms with van der Waals surface area (Å²) in [6, 6.07) is 1.90. The van der Waals surface area contributed by atoms with E-state index in [2.05, 4.69) is 10.6 Å². The molecule has 0 saturated carbocycles. The third-order valence-corrected chi connectivity index (χ3v) is 2.39. The molecule has 0 heterocycles. The summed E-state index contributed by atoms with van der Waals surface area (Å²) in [4.78, 5) is 0. The van der Waals surface area contributed by atoms with Gasteiger partial charge in [0.15, 0.2) is 5.82 Å². The minimum absolute atomic E-state index is 0.00676. The van der Waals surface area contributed by atoms with Crippen LogP contribution in [0.3, 0.4) is 0 Å². The van der Waals surface area contributed by atoms with E-state index in [1.54, 1.807) is 0 Å². The number of nitrogens with one attached hydrogen (secondary N) is 2. The van der Waals surface area contributed by atoms with Gasteiger partial charge in [0.2, 0.25) is 0 Å². The third kappa shape index (κ3) is 4.88. The van der Waals surface area contributed by atoms with Gasteiger partial charge in [-0.25, -0.2) is 8.78 Å². The van der Waals surface area contributed by atoms with Crippen LogP contribution in [0.2, 0.25) is 5.02 Å². The van der Waals surface area contributed by atoms with Gasteiger partial charge in [0, 0.05) is 24.7 Å². The van der Waals surface area contributed by atoms with E-state index in [0.29, 0.717) is 13.1 Å². The van der Waals surface area contributed by atoms with Gasteiger partial charge in [0.1, 0.15) is 5.82 Å². The van der Waals surface area contributed by atoms with Crippen LogP contribution < -0.4 is 10.6 Å². The zero-order chi connectivity index (χ0) is 13.1. The monoisotopic (exact) mass is 262 g/mol. The lowest BCUT2D eigenvalue weighted by atomic mass is 10.1.